The van der Waals surface area contributed by atoms with Crippen molar-refractivity contribution in [1.82, 2.24) is 5.32 Å². The van der Waals surface area contributed by atoms with E-state index < -0.39 is 49.5 Å². The second kappa shape index (κ2) is 43.1. The van der Waals surface area contributed by atoms with E-state index in [4.69, 9.17) is 9.47 Å². The number of nitrogens with one attached hydrogen (secondary N) is 1. The van der Waals surface area contributed by atoms with Crippen LogP contribution in [0.15, 0.2) is 48.6 Å². The zero-order chi connectivity index (χ0) is 45.1. The minimum Gasteiger partial charge on any atom is -0.394 e. The molecule has 362 valence electrons. The van der Waals surface area contributed by atoms with Crippen molar-refractivity contribution in [2.45, 2.75) is 269 Å². The second-order valence-electron chi connectivity index (χ2n) is 17.9. The number of ether oxygens (including phenoxy) is 2. The molecule has 0 aromatic rings. The van der Waals surface area contributed by atoms with Gasteiger partial charge in [-0.05, 0) is 70.6 Å². The number of hydrogen-bond donors (Lipinski definition) is 6. The van der Waals surface area contributed by atoms with Crippen LogP contribution in [-0.4, -0.2) is 87.5 Å². The van der Waals surface area contributed by atoms with E-state index in [-0.39, 0.29) is 12.5 Å². The van der Waals surface area contributed by atoms with Crippen molar-refractivity contribution in [2.24, 2.45) is 0 Å². The summed E-state index contributed by atoms with van der Waals surface area (Å²) in [4.78, 5) is 13.0. The Balaban J connectivity index is 2.33. The predicted octanol–water partition coefficient (Wildman–Crippen LogP) is 11.8. The van der Waals surface area contributed by atoms with Crippen molar-refractivity contribution in [1.29, 1.82) is 0 Å². The summed E-state index contributed by atoms with van der Waals surface area (Å²) in [6.45, 7) is 3.76. The van der Waals surface area contributed by atoms with Gasteiger partial charge in [-0.2, -0.15) is 0 Å². The van der Waals surface area contributed by atoms with Gasteiger partial charge in [-0.25, -0.2) is 0 Å². The smallest absolute Gasteiger partial charge is 0.220 e. The lowest BCUT2D eigenvalue weighted by molar-refractivity contribution is -0.302. The molecule has 1 aliphatic rings. The number of rotatable bonds is 43. The summed E-state index contributed by atoms with van der Waals surface area (Å²) < 4.78 is 11.2. The number of aliphatic hydroxyl groups excluding tert-OH is 5. The number of aliphatic hydroxyl groups is 5. The van der Waals surface area contributed by atoms with Crippen LogP contribution in [0.3, 0.4) is 0 Å². The molecule has 0 radical (unpaired) electrons. The Bertz CT molecular complexity index is 1110. The van der Waals surface area contributed by atoms with E-state index in [0.29, 0.717) is 6.42 Å². The highest BCUT2D eigenvalue weighted by Gasteiger charge is 2.44. The lowest BCUT2D eigenvalue weighted by Gasteiger charge is -2.40. The number of hydrogen-bond acceptors (Lipinski definition) is 8. The molecule has 1 heterocycles. The van der Waals surface area contributed by atoms with E-state index >= 15 is 0 Å². The highest BCUT2D eigenvalue weighted by Crippen LogP contribution is 2.23. The average Bonchev–Trinajstić information content (AvgIpc) is 3.27. The van der Waals surface area contributed by atoms with Gasteiger partial charge in [0.15, 0.2) is 6.29 Å². The van der Waals surface area contributed by atoms with Gasteiger partial charge in [-0.3, -0.25) is 4.79 Å². The van der Waals surface area contributed by atoms with Crippen LogP contribution in [0.4, 0.5) is 0 Å². The molecule has 0 bridgehead atoms. The first kappa shape index (κ1) is 58.2. The molecule has 7 atom stereocenters. The quantitative estimate of drug-likeness (QED) is 0.0262. The molecular formula is C53H97NO8. The fourth-order valence-corrected chi connectivity index (χ4v) is 7.95. The van der Waals surface area contributed by atoms with Gasteiger partial charge >= 0.3 is 0 Å². The normalized spacial score (nSPS) is 20.7. The van der Waals surface area contributed by atoms with Crippen LogP contribution in [0.25, 0.3) is 0 Å². The van der Waals surface area contributed by atoms with Crippen LogP contribution in [0.5, 0.6) is 0 Å². The van der Waals surface area contributed by atoms with Gasteiger partial charge in [0.25, 0.3) is 0 Å². The van der Waals surface area contributed by atoms with Crippen LogP contribution in [0.1, 0.15) is 226 Å². The van der Waals surface area contributed by atoms with Crippen molar-refractivity contribution in [2.75, 3.05) is 13.2 Å². The number of carbonyl (C=O) groups is 1. The van der Waals surface area contributed by atoms with Gasteiger partial charge in [-0.15, -0.1) is 0 Å². The molecule has 0 aliphatic carbocycles. The minimum atomic E-state index is -1.58. The molecule has 1 fully saturated rings. The summed E-state index contributed by atoms with van der Waals surface area (Å²) in [5.74, 6) is -0.195. The Morgan fingerprint density at radius 3 is 1.35 bits per heavy atom. The lowest BCUT2D eigenvalue weighted by Crippen LogP contribution is -2.60. The molecule has 9 nitrogen and oxygen atoms in total. The van der Waals surface area contributed by atoms with E-state index in [2.05, 4.69) is 55.6 Å². The first-order valence-electron chi connectivity index (χ1n) is 25.9. The molecule has 9 heteroatoms. The van der Waals surface area contributed by atoms with Crippen LogP contribution < -0.4 is 5.32 Å². The van der Waals surface area contributed by atoms with Gasteiger partial charge in [0.05, 0.1) is 25.4 Å². The van der Waals surface area contributed by atoms with Gasteiger partial charge in [0, 0.05) is 6.42 Å². The number of unbranched alkanes of at least 4 members (excludes halogenated alkanes) is 27. The van der Waals surface area contributed by atoms with Crippen molar-refractivity contribution in [3.8, 4) is 0 Å². The molecule has 1 saturated heterocycles. The van der Waals surface area contributed by atoms with E-state index in [1.54, 1.807) is 6.08 Å². The van der Waals surface area contributed by atoms with E-state index in [1.807, 2.05) is 6.08 Å². The molecule has 0 aromatic heterocycles. The van der Waals surface area contributed by atoms with Crippen molar-refractivity contribution in [3.05, 3.63) is 48.6 Å². The zero-order valence-corrected chi connectivity index (χ0v) is 39.9. The maximum Gasteiger partial charge on any atom is 0.220 e. The zero-order valence-electron chi connectivity index (χ0n) is 39.9. The Kier molecular flexibility index (Phi) is 40.4. The molecule has 1 aliphatic heterocycles. The summed E-state index contributed by atoms with van der Waals surface area (Å²) in [7, 11) is 0. The van der Waals surface area contributed by atoms with Gasteiger partial charge in [0.1, 0.15) is 24.4 Å². The van der Waals surface area contributed by atoms with Crippen molar-refractivity contribution >= 4 is 5.91 Å². The fraction of sp³-hybridized carbons (Fsp3) is 0.830. The van der Waals surface area contributed by atoms with E-state index in [0.717, 1.165) is 57.8 Å². The first-order valence-corrected chi connectivity index (χ1v) is 25.9. The Hall–Kier alpha value is -1.85. The monoisotopic (exact) mass is 876 g/mol. The molecule has 6 N–H and O–H groups in total. The van der Waals surface area contributed by atoms with Gasteiger partial charge in [0.2, 0.25) is 5.91 Å². The Morgan fingerprint density at radius 2 is 0.919 bits per heavy atom. The number of allylic oxidation sites excluding steroid dienone is 7. The fourth-order valence-electron chi connectivity index (χ4n) is 7.95. The Labute approximate surface area is 380 Å². The third-order valence-electron chi connectivity index (χ3n) is 12.1. The van der Waals surface area contributed by atoms with Crippen LogP contribution in [-0.2, 0) is 14.3 Å². The van der Waals surface area contributed by atoms with Crippen LogP contribution in [0, 0.1) is 0 Å². The Morgan fingerprint density at radius 1 is 0.532 bits per heavy atom. The highest BCUT2D eigenvalue weighted by atomic mass is 16.7. The predicted molar refractivity (Wildman–Crippen MR) is 258 cm³/mol. The van der Waals surface area contributed by atoms with E-state index in [9.17, 15) is 30.3 Å². The van der Waals surface area contributed by atoms with Gasteiger partial charge < -0.3 is 40.3 Å². The molecule has 0 aromatic carbocycles. The maximum absolute atomic E-state index is 13.0. The molecule has 0 spiro atoms. The van der Waals surface area contributed by atoms with Crippen LogP contribution >= 0.6 is 0 Å². The highest BCUT2D eigenvalue weighted by molar-refractivity contribution is 5.76. The third kappa shape index (κ3) is 32.8. The molecular weight excluding hydrogens is 779 g/mol. The summed E-state index contributed by atoms with van der Waals surface area (Å²) in [5, 5.41) is 54.3. The SMILES string of the molecule is CCCCCCCCCC/C=C/CC/C=C/CC/C=C/C(O)C(COC1OC(CO)C(O)C(O)C1O)NC(=O)CCCCCCCCC/C=C\CCCCCCCCCCCC. The maximum atomic E-state index is 13.0. The summed E-state index contributed by atoms with van der Waals surface area (Å²) in [6.07, 6.45) is 48.7. The third-order valence-corrected chi connectivity index (χ3v) is 12.1. The molecule has 7 unspecified atom stereocenters. The first-order chi connectivity index (χ1) is 30.3. The van der Waals surface area contributed by atoms with E-state index in [1.165, 1.54) is 148 Å². The topological polar surface area (TPSA) is 149 Å². The lowest BCUT2D eigenvalue weighted by atomic mass is 9.99. The number of carbonyl (C=O) groups excluding carboxylic acids is 1. The van der Waals surface area contributed by atoms with Crippen molar-refractivity contribution in [3.63, 3.8) is 0 Å². The molecule has 1 amide bonds. The minimum absolute atomic E-state index is 0.195. The van der Waals surface area contributed by atoms with Crippen LogP contribution in [0.2, 0.25) is 0 Å². The average molecular weight is 876 g/mol. The largest absolute Gasteiger partial charge is 0.394 e. The second-order valence-corrected chi connectivity index (χ2v) is 17.9. The summed E-state index contributed by atoms with van der Waals surface area (Å²) >= 11 is 0. The number of amides is 1. The van der Waals surface area contributed by atoms with Gasteiger partial charge in [-0.1, -0.05) is 197 Å². The summed E-state index contributed by atoms with van der Waals surface area (Å²) in [6, 6.07) is -0.830. The molecule has 1 rings (SSSR count). The van der Waals surface area contributed by atoms with Crippen molar-refractivity contribution < 1.29 is 39.8 Å². The molecule has 62 heavy (non-hydrogen) atoms. The molecule has 0 saturated carbocycles. The summed E-state index contributed by atoms with van der Waals surface area (Å²) in [5.41, 5.74) is 0. The standard InChI is InChI=1S/C53H97NO8/c1-3-5-7-9-11-13-15-17-19-21-23-24-25-27-29-31-33-35-37-39-41-43-49(57)54-46(45-61-53-52(60)51(59)50(58)48(44-55)62-53)47(56)42-40-38-36-34-32-30-28-26-22-20-18-16-14-12-10-8-6-4-2/h22,24-26,32,34,40,42,46-48,50-53,55-56,58-60H,3-21,23,27-31,33,35-39,41,43-45H2,1-2H3,(H,54,57)/b25-24-,26-22+,34-32+,42-40+.